The van der Waals surface area contributed by atoms with E-state index >= 15 is 0 Å². The van der Waals surface area contributed by atoms with Gasteiger partial charge in [0.1, 0.15) is 6.54 Å². The van der Waals surface area contributed by atoms with Gasteiger partial charge < -0.3 is 19.4 Å². The predicted molar refractivity (Wildman–Crippen MR) is 114 cm³/mol. The summed E-state index contributed by atoms with van der Waals surface area (Å²) in [7, 11) is 1.65. The summed E-state index contributed by atoms with van der Waals surface area (Å²) < 4.78 is 5.06. The zero-order valence-corrected chi connectivity index (χ0v) is 18.5. The van der Waals surface area contributed by atoms with E-state index in [0.717, 1.165) is 22.4 Å². The highest BCUT2D eigenvalue weighted by atomic mass is 16.5. The van der Waals surface area contributed by atoms with Crippen molar-refractivity contribution in [3.63, 3.8) is 0 Å². The van der Waals surface area contributed by atoms with Gasteiger partial charge in [-0.25, -0.2) is 9.79 Å². The van der Waals surface area contributed by atoms with Gasteiger partial charge in [0.25, 0.3) is 5.91 Å². The van der Waals surface area contributed by atoms with Crippen LogP contribution in [0.1, 0.15) is 30.5 Å². The lowest BCUT2D eigenvalue weighted by Crippen LogP contribution is -2.63. The number of carbonyl (C=O) groups is 3. The molecule has 2 unspecified atom stereocenters. The van der Waals surface area contributed by atoms with Crippen LogP contribution in [-0.4, -0.2) is 75.9 Å². The largest absolute Gasteiger partial charge is 0.465 e. The van der Waals surface area contributed by atoms with Crippen molar-refractivity contribution in [3.05, 3.63) is 46.8 Å². The Hall–Kier alpha value is -3.36. The fourth-order valence-electron chi connectivity index (χ4n) is 4.22. The number of esters is 1. The first-order chi connectivity index (χ1) is 14.7. The number of benzene rings is 1. The molecular formula is C22H27N5O4. The monoisotopic (exact) mass is 425 g/mol. The minimum atomic E-state index is -0.662. The van der Waals surface area contributed by atoms with Crippen LogP contribution in [-0.2, 0) is 20.9 Å². The summed E-state index contributed by atoms with van der Waals surface area (Å²) in [5.74, 6) is -0.182. The van der Waals surface area contributed by atoms with Crippen LogP contribution in [0.4, 0.5) is 4.79 Å². The summed E-state index contributed by atoms with van der Waals surface area (Å²) >= 11 is 0. The number of fused-ring (bicyclic) bond motifs is 3. The molecule has 164 valence electrons. The van der Waals surface area contributed by atoms with Crippen LogP contribution in [0.3, 0.4) is 0 Å². The molecule has 0 aromatic heterocycles. The molecule has 0 aliphatic carbocycles. The van der Waals surface area contributed by atoms with Crippen molar-refractivity contribution in [3.8, 4) is 0 Å². The third-order valence-electron chi connectivity index (χ3n) is 5.93. The molecule has 4 rings (SSSR count). The van der Waals surface area contributed by atoms with Crippen molar-refractivity contribution in [2.45, 2.75) is 46.4 Å². The molecule has 1 aromatic rings. The predicted octanol–water partition coefficient (Wildman–Crippen LogP) is 1.80. The van der Waals surface area contributed by atoms with Crippen molar-refractivity contribution in [2.75, 3.05) is 20.2 Å². The molecule has 1 aromatic carbocycles. The van der Waals surface area contributed by atoms with Crippen LogP contribution in [0.25, 0.3) is 0 Å². The maximum Gasteiger partial charge on any atom is 0.328 e. The van der Waals surface area contributed by atoms with Crippen molar-refractivity contribution in [1.82, 2.24) is 19.6 Å². The van der Waals surface area contributed by atoms with E-state index in [0.29, 0.717) is 12.6 Å². The second-order valence-electron chi connectivity index (χ2n) is 8.10. The number of aliphatic imine (C=N–C) groups is 1. The molecule has 0 spiro atoms. The van der Waals surface area contributed by atoms with Gasteiger partial charge in [0.2, 0.25) is 5.96 Å². The van der Waals surface area contributed by atoms with Gasteiger partial charge in [0, 0.05) is 18.9 Å². The minimum Gasteiger partial charge on any atom is -0.465 e. The number of amides is 3. The Morgan fingerprint density at radius 1 is 1.16 bits per heavy atom. The fourth-order valence-corrected chi connectivity index (χ4v) is 4.22. The molecule has 0 bridgehead atoms. The summed E-state index contributed by atoms with van der Waals surface area (Å²) in [6.07, 6.45) is 1.17. The first kappa shape index (κ1) is 20.9. The molecule has 0 N–H and O–H groups in total. The third kappa shape index (κ3) is 3.43. The maximum absolute atomic E-state index is 13.5. The number of imide groups is 1. The number of allylic oxidation sites excluding steroid dienone is 1. The van der Waals surface area contributed by atoms with Crippen molar-refractivity contribution >= 4 is 23.9 Å². The fraction of sp³-hybridized carbons (Fsp3) is 0.455. The van der Waals surface area contributed by atoms with Gasteiger partial charge in [-0.05, 0) is 38.8 Å². The van der Waals surface area contributed by atoms with E-state index in [4.69, 9.17) is 4.74 Å². The molecule has 3 heterocycles. The van der Waals surface area contributed by atoms with Crippen LogP contribution in [0.15, 0.2) is 35.1 Å². The minimum absolute atomic E-state index is 0.00298. The molecular weight excluding hydrogens is 398 g/mol. The first-order valence-electron chi connectivity index (χ1n) is 10.3. The Kier molecular flexibility index (Phi) is 5.20. The topological polar surface area (TPSA) is 85.8 Å². The van der Waals surface area contributed by atoms with E-state index < -0.39 is 12.2 Å². The lowest BCUT2D eigenvalue weighted by atomic mass is 10.0. The Labute approximate surface area is 181 Å². The molecule has 31 heavy (non-hydrogen) atoms. The normalized spacial score (nSPS) is 22.5. The van der Waals surface area contributed by atoms with Gasteiger partial charge in [0.05, 0.1) is 13.2 Å². The van der Waals surface area contributed by atoms with Crippen LogP contribution < -0.4 is 0 Å². The number of urea groups is 1. The Bertz CT molecular complexity index is 1020. The Morgan fingerprint density at radius 2 is 1.90 bits per heavy atom. The highest BCUT2D eigenvalue weighted by Crippen LogP contribution is 2.34. The van der Waals surface area contributed by atoms with E-state index in [1.54, 1.807) is 30.0 Å². The van der Waals surface area contributed by atoms with Crippen LogP contribution >= 0.6 is 0 Å². The second kappa shape index (κ2) is 7.72. The Balaban J connectivity index is 1.61. The summed E-state index contributed by atoms with van der Waals surface area (Å²) in [5.41, 5.74) is 3.82. The van der Waals surface area contributed by atoms with E-state index in [1.807, 2.05) is 39.0 Å². The lowest BCUT2D eigenvalue weighted by Gasteiger charge is -2.40. The smallest absolute Gasteiger partial charge is 0.328 e. The average Bonchev–Trinajstić information content (AvgIpc) is 3.22. The number of aryl methyl sites for hydroxylation is 2. The zero-order chi connectivity index (χ0) is 22.4. The number of ether oxygens (including phenoxy) is 1. The molecule has 3 amide bonds. The summed E-state index contributed by atoms with van der Waals surface area (Å²) in [5, 5.41) is 0. The second-order valence-corrected chi connectivity index (χ2v) is 8.10. The van der Waals surface area contributed by atoms with E-state index in [9.17, 15) is 14.4 Å². The average molecular weight is 425 g/mol. The molecule has 1 saturated heterocycles. The number of rotatable bonds is 5. The number of guanidine groups is 1. The number of hydrogen-bond donors (Lipinski definition) is 0. The molecule has 0 radical (unpaired) electrons. The first-order valence-corrected chi connectivity index (χ1v) is 10.3. The summed E-state index contributed by atoms with van der Waals surface area (Å²) in [4.78, 5) is 49.5. The van der Waals surface area contributed by atoms with Crippen LogP contribution in [0, 0.1) is 13.8 Å². The highest BCUT2D eigenvalue weighted by Gasteiger charge is 2.54. The summed E-state index contributed by atoms with van der Waals surface area (Å²) in [6.45, 7) is 8.06. The molecule has 9 nitrogen and oxygen atoms in total. The van der Waals surface area contributed by atoms with Crippen molar-refractivity contribution in [2.24, 2.45) is 4.99 Å². The third-order valence-corrected chi connectivity index (χ3v) is 5.93. The molecule has 2 atom stereocenters. The van der Waals surface area contributed by atoms with Crippen molar-refractivity contribution in [1.29, 1.82) is 0 Å². The number of hydrogen-bond acceptors (Lipinski definition) is 7. The quantitative estimate of drug-likeness (QED) is 0.669. The van der Waals surface area contributed by atoms with Crippen LogP contribution in [0.5, 0.6) is 0 Å². The number of carbonyl (C=O) groups excluding carboxylic acids is 3. The number of nitrogens with zero attached hydrogens (tertiary/aromatic N) is 5. The summed E-state index contributed by atoms with van der Waals surface area (Å²) in [6, 6.07) is 4.96. The van der Waals surface area contributed by atoms with Crippen molar-refractivity contribution < 1.29 is 19.1 Å². The standard InChI is InChI=1S/C22H27N5O4/c1-6-31-17(28)12-25-15(4)10-26-18-19(23-21(25)26)24(5)22(30)27(20(18)29)11-16-9-13(2)7-8-14(16)3/h7-10,18-19H,6,11-12H2,1-5H3. The van der Waals surface area contributed by atoms with E-state index in [2.05, 4.69) is 4.99 Å². The van der Waals surface area contributed by atoms with E-state index in [1.165, 1.54) is 9.80 Å². The maximum atomic E-state index is 13.5. The molecule has 1 fully saturated rings. The Morgan fingerprint density at radius 3 is 2.61 bits per heavy atom. The zero-order valence-electron chi connectivity index (χ0n) is 18.5. The molecule has 3 aliphatic heterocycles. The highest BCUT2D eigenvalue weighted by molar-refractivity contribution is 6.05. The molecule has 3 aliphatic rings. The molecule has 9 heteroatoms. The van der Waals surface area contributed by atoms with Gasteiger partial charge in [-0.2, -0.15) is 0 Å². The van der Waals surface area contributed by atoms with E-state index in [-0.39, 0.29) is 31.0 Å². The van der Waals surface area contributed by atoms with Gasteiger partial charge in [-0.3, -0.25) is 14.5 Å². The lowest BCUT2D eigenvalue weighted by molar-refractivity contribution is -0.143. The van der Waals surface area contributed by atoms with Gasteiger partial charge >= 0.3 is 12.0 Å². The van der Waals surface area contributed by atoms with Gasteiger partial charge in [0.15, 0.2) is 12.2 Å². The molecule has 0 saturated carbocycles. The van der Waals surface area contributed by atoms with Gasteiger partial charge in [-0.15, -0.1) is 0 Å². The number of likely N-dealkylation sites (N-methyl/N-ethyl adjacent to an activating group) is 1. The van der Waals surface area contributed by atoms with Gasteiger partial charge in [-0.1, -0.05) is 23.8 Å². The van der Waals surface area contributed by atoms with Crippen LogP contribution in [0.2, 0.25) is 0 Å². The SMILES string of the molecule is CCOC(=O)CN1C(C)=CN2C1=NC1C2C(=O)N(Cc2cc(C)ccc2C)C(=O)N1C.